The average Bonchev–Trinajstić information content (AvgIpc) is 2.98. The van der Waals surface area contributed by atoms with Gasteiger partial charge in [-0.25, -0.2) is 9.18 Å². The molecule has 0 bridgehead atoms. The van der Waals surface area contributed by atoms with Gasteiger partial charge in [0.25, 0.3) is 0 Å². The molecule has 2 atom stereocenters. The van der Waals surface area contributed by atoms with E-state index in [2.05, 4.69) is 21.2 Å². The van der Waals surface area contributed by atoms with E-state index in [1.165, 1.54) is 12.1 Å². The number of ether oxygens (including phenoxy) is 4. The topological polar surface area (TPSA) is 126 Å². The molecule has 12 heteroatoms. The van der Waals surface area contributed by atoms with E-state index in [-0.39, 0.29) is 55.1 Å². The molecule has 0 aliphatic rings. The van der Waals surface area contributed by atoms with Crippen molar-refractivity contribution in [2.45, 2.75) is 78.0 Å². The number of hydrogen-bond acceptors (Lipinski definition) is 8. The molecule has 0 fully saturated rings. The Kier molecular flexibility index (Phi) is 18.8. The largest absolute Gasteiger partial charge is 0.496 e. The fourth-order valence-corrected chi connectivity index (χ4v) is 4.77. The molecule has 0 saturated heterocycles. The smallest absolute Gasteiger partial charge is 0.407 e. The number of amides is 1. The van der Waals surface area contributed by atoms with Crippen LogP contribution >= 0.6 is 28.3 Å². The first kappa shape index (κ1) is 42.4. The molecule has 9 nitrogen and oxygen atoms in total. The predicted octanol–water partition coefficient (Wildman–Crippen LogP) is 7.58. The summed E-state index contributed by atoms with van der Waals surface area (Å²) < 4.78 is 34.9. The van der Waals surface area contributed by atoms with Gasteiger partial charge in [-0.15, -0.1) is 12.4 Å². The van der Waals surface area contributed by atoms with E-state index < -0.39 is 11.7 Å². The van der Waals surface area contributed by atoms with Crippen molar-refractivity contribution in [2.24, 2.45) is 5.73 Å². The summed E-state index contributed by atoms with van der Waals surface area (Å²) >= 11 is 3.38. The van der Waals surface area contributed by atoms with Crippen molar-refractivity contribution >= 4 is 46.4 Å². The number of carbonyl (C=O) groups is 3. The van der Waals surface area contributed by atoms with Crippen LogP contribution in [0.5, 0.6) is 5.75 Å². The van der Waals surface area contributed by atoms with E-state index in [9.17, 15) is 18.8 Å². The Morgan fingerprint density at radius 3 is 1.94 bits per heavy atom. The second kappa shape index (κ2) is 21.3. The number of carbonyl (C=O) groups excluding carboxylic acids is 3. The lowest BCUT2D eigenvalue weighted by atomic mass is 9.99. The maximum Gasteiger partial charge on any atom is 0.407 e. The Balaban J connectivity index is 0.000000471. The minimum Gasteiger partial charge on any atom is -0.496 e. The van der Waals surface area contributed by atoms with Crippen LogP contribution < -0.4 is 15.8 Å². The lowest BCUT2D eigenvalue weighted by molar-refractivity contribution is -0.144. The first-order valence-electron chi connectivity index (χ1n) is 15.5. The summed E-state index contributed by atoms with van der Waals surface area (Å²) in [5.74, 6) is -0.328. The number of nitrogens with one attached hydrogen (secondary N) is 1. The quantitative estimate of drug-likeness (QED) is 0.135. The highest BCUT2D eigenvalue weighted by molar-refractivity contribution is 9.10. The van der Waals surface area contributed by atoms with Gasteiger partial charge in [0.05, 0.1) is 33.2 Å². The van der Waals surface area contributed by atoms with Crippen LogP contribution in [0.15, 0.2) is 71.2 Å². The molecule has 3 rings (SSSR count). The molecule has 0 unspecified atom stereocenters. The second-order valence-electron chi connectivity index (χ2n) is 11.7. The molecule has 3 aromatic carbocycles. The van der Waals surface area contributed by atoms with Crippen LogP contribution in [0.25, 0.3) is 11.1 Å². The Hall–Kier alpha value is -3.67. The van der Waals surface area contributed by atoms with E-state index in [0.29, 0.717) is 37.4 Å². The molecule has 264 valence electrons. The minimum absolute atomic E-state index is 0. The van der Waals surface area contributed by atoms with Gasteiger partial charge in [-0.3, -0.25) is 9.59 Å². The zero-order valence-corrected chi connectivity index (χ0v) is 30.7. The zero-order valence-electron chi connectivity index (χ0n) is 28.3. The van der Waals surface area contributed by atoms with Gasteiger partial charge in [0, 0.05) is 22.1 Å². The third-order valence-corrected chi connectivity index (χ3v) is 7.02. The number of alkyl carbamates (subject to hydrolysis) is 1. The number of benzene rings is 3. The predicted molar refractivity (Wildman–Crippen MR) is 191 cm³/mol. The third-order valence-electron chi connectivity index (χ3n) is 6.49. The van der Waals surface area contributed by atoms with E-state index in [4.69, 9.17) is 24.7 Å². The van der Waals surface area contributed by atoms with E-state index in [1.807, 2.05) is 48.5 Å². The normalized spacial score (nSPS) is 11.9. The second-order valence-corrected chi connectivity index (χ2v) is 12.6. The number of halogens is 3. The lowest BCUT2D eigenvalue weighted by Gasteiger charge is -2.23. The number of rotatable bonds is 13. The molecule has 0 radical (unpaired) electrons. The summed E-state index contributed by atoms with van der Waals surface area (Å²) in [6, 6.07) is 19.1. The SMILES string of the molecule is CCOC(=O)C[C@@H](Cc1ccc(Br)cc1)NC(=O)OC(C)(C)C.CCOC(=O)C[C@H](N)Cc1ccc(-c2cc(F)ccc2OC)cc1.Cl. The Labute approximate surface area is 297 Å². The summed E-state index contributed by atoms with van der Waals surface area (Å²) in [5.41, 5.74) is 8.96. The molecule has 0 spiro atoms. The van der Waals surface area contributed by atoms with Crippen LogP contribution in [-0.4, -0.2) is 56.0 Å². The van der Waals surface area contributed by atoms with Crippen LogP contribution in [0.2, 0.25) is 0 Å². The molecular weight excluding hydrogens is 707 g/mol. The zero-order chi connectivity index (χ0) is 35.0. The maximum atomic E-state index is 13.5. The van der Waals surface area contributed by atoms with Gasteiger partial charge in [0.15, 0.2) is 0 Å². The van der Waals surface area contributed by atoms with E-state index in [1.54, 1.807) is 47.8 Å². The lowest BCUT2D eigenvalue weighted by Crippen LogP contribution is -2.41. The molecule has 0 aromatic heterocycles. The highest BCUT2D eigenvalue weighted by Gasteiger charge is 2.22. The molecular formula is C36H47BrClFN2O7. The molecule has 3 N–H and O–H groups in total. The molecule has 0 aliphatic carbocycles. The number of methoxy groups -OCH3 is 1. The van der Waals surface area contributed by atoms with Crippen molar-refractivity contribution in [3.63, 3.8) is 0 Å². The monoisotopic (exact) mass is 752 g/mol. The van der Waals surface area contributed by atoms with Crippen molar-refractivity contribution in [1.82, 2.24) is 5.32 Å². The van der Waals surface area contributed by atoms with Crippen LogP contribution in [0, 0.1) is 5.82 Å². The van der Waals surface area contributed by atoms with Crippen molar-refractivity contribution in [2.75, 3.05) is 20.3 Å². The van der Waals surface area contributed by atoms with Crippen molar-refractivity contribution in [3.05, 3.63) is 88.1 Å². The van der Waals surface area contributed by atoms with Crippen molar-refractivity contribution in [1.29, 1.82) is 0 Å². The Bertz CT molecular complexity index is 1430. The summed E-state index contributed by atoms with van der Waals surface area (Å²) in [5, 5.41) is 2.75. The van der Waals surface area contributed by atoms with Gasteiger partial charge < -0.3 is 30.0 Å². The molecule has 0 aliphatic heterocycles. The third kappa shape index (κ3) is 16.4. The first-order chi connectivity index (χ1) is 22.2. The fraction of sp³-hybridized carbons (Fsp3) is 0.417. The van der Waals surface area contributed by atoms with Gasteiger partial charge in [-0.1, -0.05) is 52.3 Å². The number of nitrogens with two attached hydrogens (primary N) is 1. The standard InChI is InChI=1S/C19H22FNO3.C17H24BrNO4.ClH/c1-3-24-19(22)12-16(21)10-13-4-6-14(7-5-13)17-11-15(20)8-9-18(17)23-2;1-5-22-15(20)11-14(19-16(21)23-17(2,3)4)10-12-6-8-13(18)9-7-12;/h4-9,11,16H,3,10,12,21H2,1-2H3;6-9,14H,5,10-11H2,1-4H3,(H,19,21);1H/t16-;14-;/m11./s1. The number of hydrogen-bond donors (Lipinski definition) is 2. The highest BCUT2D eigenvalue weighted by Crippen LogP contribution is 2.31. The van der Waals surface area contributed by atoms with Gasteiger partial charge >= 0.3 is 18.0 Å². The van der Waals surface area contributed by atoms with Crippen LogP contribution in [0.3, 0.4) is 0 Å². The molecule has 48 heavy (non-hydrogen) atoms. The van der Waals surface area contributed by atoms with Crippen molar-refractivity contribution < 1.29 is 37.7 Å². The average molecular weight is 754 g/mol. The fourth-order valence-electron chi connectivity index (χ4n) is 4.51. The molecule has 1 amide bonds. The highest BCUT2D eigenvalue weighted by atomic mass is 79.9. The van der Waals surface area contributed by atoms with Crippen molar-refractivity contribution in [3.8, 4) is 16.9 Å². The summed E-state index contributed by atoms with van der Waals surface area (Å²) in [6.07, 6.45) is 0.838. The summed E-state index contributed by atoms with van der Waals surface area (Å²) in [4.78, 5) is 35.1. The maximum absolute atomic E-state index is 13.5. The summed E-state index contributed by atoms with van der Waals surface area (Å²) in [6.45, 7) is 9.57. The minimum atomic E-state index is -0.587. The van der Waals surface area contributed by atoms with Gasteiger partial charge in [-0.2, -0.15) is 0 Å². The molecule has 0 heterocycles. The number of esters is 2. The van der Waals surface area contributed by atoms with Crippen LogP contribution in [0.1, 0.15) is 58.6 Å². The molecule has 0 saturated carbocycles. The molecule has 3 aromatic rings. The van der Waals surface area contributed by atoms with Gasteiger partial charge in [-0.05, 0) is 94.5 Å². The van der Waals surface area contributed by atoms with E-state index >= 15 is 0 Å². The van der Waals surface area contributed by atoms with Gasteiger partial charge in [0.2, 0.25) is 0 Å². The first-order valence-corrected chi connectivity index (χ1v) is 16.3. The van der Waals surface area contributed by atoms with E-state index in [0.717, 1.165) is 21.2 Å². The van der Waals surface area contributed by atoms with Crippen LogP contribution in [0.4, 0.5) is 9.18 Å². The Morgan fingerprint density at radius 1 is 0.854 bits per heavy atom. The summed E-state index contributed by atoms with van der Waals surface area (Å²) in [7, 11) is 1.56. The van der Waals surface area contributed by atoms with Crippen LogP contribution in [-0.2, 0) is 36.6 Å². The Morgan fingerprint density at radius 2 is 1.40 bits per heavy atom. The van der Waals surface area contributed by atoms with Gasteiger partial charge in [0.1, 0.15) is 17.2 Å².